The van der Waals surface area contributed by atoms with Gasteiger partial charge < -0.3 is 9.47 Å². The van der Waals surface area contributed by atoms with Crippen molar-refractivity contribution in [1.29, 1.82) is 0 Å². The van der Waals surface area contributed by atoms with E-state index in [2.05, 4.69) is 20.9 Å². The van der Waals surface area contributed by atoms with E-state index < -0.39 is 6.04 Å². The lowest BCUT2D eigenvalue weighted by Gasteiger charge is -2.34. The molecular formula is C20H18BrClFN3O. The molecule has 4 nitrogen and oxygen atoms in total. The molecule has 0 radical (unpaired) electrons. The zero-order chi connectivity index (χ0) is 18.1. The van der Waals surface area contributed by atoms with E-state index in [4.69, 9.17) is 0 Å². The van der Waals surface area contributed by atoms with Gasteiger partial charge in [-0.05, 0) is 41.8 Å². The van der Waals surface area contributed by atoms with Gasteiger partial charge in [-0.3, -0.25) is 4.79 Å². The smallest absolute Gasteiger partial charge is 0.250 e. The second kappa shape index (κ2) is 8.23. The van der Waals surface area contributed by atoms with Crippen LogP contribution in [0, 0.1) is 5.82 Å². The summed E-state index contributed by atoms with van der Waals surface area (Å²) in [4.78, 5) is 19.3. The average Bonchev–Trinajstić information content (AvgIpc) is 3.09. The van der Waals surface area contributed by atoms with Crippen LogP contribution < -0.4 is 0 Å². The quantitative estimate of drug-likeness (QED) is 0.592. The highest BCUT2D eigenvalue weighted by atomic mass is 79.9. The number of carbonyl (C=O) groups is 1. The normalized spacial score (nSPS) is 16.0. The largest absolute Gasteiger partial charge is 0.334 e. The molecule has 0 saturated carbocycles. The SMILES string of the molecule is Cl.O=C1C(c2cccc(Br)c2)n2cncc2CN1CCc1ccc(F)cc1. The Hall–Kier alpha value is -2.18. The number of imidazole rings is 1. The van der Waals surface area contributed by atoms with Crippen LogP contribution in [0.4, 0.5) is 4.39 Å². The topological polar surface area (TPSA) is 38.1 Å². The van der Waals surface area contributed by atoms with Gasteiger partial charge in [0.2, 0.25) is 0 Å². The fraction of sp³-hybridized carbons (Fsp3) is 0.200. The number of hydrogen-bond donors (Lipinski definition) is 0. The van der Waals surface area contributed by atoms with Gasteiger partial charge in [0.15, 0.2) is 0 Å². The highest BCUT2D eigenvalue weighted by Crippen LogP contribution is 2.29. The summed E-state index contributed by atoms with van der Waals surface area (Å²) in [6, 6.07) is 13.8. The summed E-state index contributed by atoms with van der Waals surface area (Å²) >= 11 is 3.48. The van der Waals surface area contributed by atoms with Crippen LogP contribution in [0.3, 0.4) is 0 Å². The fourth-order valence-electron chi connectivity index (χ4n) is 3.34. The summed E-state index contributed by atoms with van der Waals surface area (Å²) in [7, 11) is 0. The molecule has 2 aromatic carbocycles. The predicted molar refractivity (Wildman–Crippen MR) is 107 cm³/mol. The van der Waals surface area contributed by atoms with Gasteiger partial charge in [-0.15, -0.1) is 12.4 Å². The Bertz CT molecular complexity index is 944. The first-order chi connectivity index (χ1) is 12.6. The first-order valence-electron chi connectivity index (χ1n) is 8.41. The minimum Gasteiger partial charge on any atom is -0.334 e. The molecule has 4 rings (SSSR count). The summed E-state index contributed by atoms with van der Waals surface area (Å²) < 4.78 is 15.9. The number of nitrogens with zero attached hydrogens (tertiary/aromatic N) is 3. The van der Waals surface area contributed by atoms with Gasteiger partial charge in [0.1, 0.15) is 11.9 Å². The molecule has 27 heavy (non-hydrogen) atoms. The number of fused-ring (bicyclic) bond motifs is 1. The molecule has 0 saturated heterocycles. The van der Waals surface area contributed by atoms with E-state index in [1.807, 2.05) is 39.9 Å². The molecule has 0 spiro atoms. The van der Waals surface area contributed by atoms with Crippen LogP contribution in [0.1, 0.15) is 22.9 Å². The maximum absolute atomic E-state index is 13.2. The van der Waals surface area contributed by atoms with Gasteiger partial charge in [-0.1, -0.05) is 40.2 Å². The second-order valence-corrected chi connectivity index (χ2v) is 7.30. The van der Waals surface area contributed by atoms with E-state index in [9.17, 15) is 9.18 Å². The Labute approximate surface area is 171 Å². The van der Waals surface area contributed by atoms with Crippen LogP contribution in [0.15, 0.2) is 65.5 Å². The van der Waals surface area contributed by atoms with E-state index in [0.717, 1.165) is 21.3 Å². The molecule has 3 aromatic rings. The monoisotopic (exact) mass is 449 g/mol. The number of halogens is 3. The molecule has 0 bridgehead atoms. The minimum absolute atomic E-state index is 0. The van der Waals surface area contributed by atoms with E-state index in [0.29, 0.717) is 19.5 Å². The molecular weight excluding hydrogens is 433 g/mol. The summed E-state index contributed by atoms with van der Waals surface area (Å²) in [5, 5.41) is 0. The van der Waals surface area contributed by atoms with Crippen molar-refractivity contribution in [3.8, 4) is 0 Å². The zero-order valence-corrected chi connectivity index (χ0v) is 16.8. The summed E-state index contributed by atoms with van der Waals surface area (Å²) in [5.74, 6) is -0.197. The third kappa shape index (κ3) is 4.06. The molecule has 0 N–H and O–H groups in total. The van der Waals surface area contributed by atoms with Gasteiger partial charge in [0, 0.05) is 17.2 Å². The lowest BCUT2D eigenvalue weighted by atomic mass is 10.0. The second-order valence-electron chi connectivity index (χ2n) is 6.39. The Morgan fingerprint density at radius 3 is 2.70 bits per heavy atom. The number of benzene rings is 2. The molecule has 1 aliphatic heterocycles. The van der Waals surface area contributed by atoms with Crippen molar-refractivity contribution in [2.24, 2.45) is 0 Å². The van der Waals surface area contributed by atoms with Gasteiger partial charge in [0.05, 0.1) is 18.6 Å². The van der Waals surface area contributed by atoms with Crippen LogP contribution in [-0.2, 0) is 17.8 Å². The van der Waals surface area contributed by atoms with Crippen LogP contribution in [0.5, 0.6) is 0 Å². The molecule has 0 aliphatic carbocycles. The van der Waals surface area contributed by atoms with Gasteiger partial charge >= 0.3 is 0 Å². The predicted octanol–water partition coefficient (Wildman–Crippen LogP) is 4.38. The molecule has 7 heteroatoms. The highest BCUT2D eigenvalue weighted by Gasteiger charge is 2.33. The highest BCUT2D eigenvalue weighted by molar-refractivity contribution is 9.10. The number of amides is 1. The number of rotatable bonds is 4. The van der Waals surface area contributed by atoms with Gasteiger partial charge in [-0.25, -0.2) is 9.37 Å². The van der Waals surface area contributed by atoms with Crippen molar-refractivity contribution in [2.45, 2.75) is 19.0 Å². The van der Waals surface area contributed by atoms with Crippen molar-refractivity contribution in [1.82, 2.24) is 14.5 Å². The summed E-state index contributed by atoms with van der Waals surface area (Å²) in [6.45, 7) is 1.12. The molecule has 1 aliphatic rings. The first kappa shape index (κ1) is 19.6. The third-order valence-corrected chi connectivity index (χ3v) is 5.16. The first-order valence-corrected chi connectivity index (χ1v) is 9.20. The van der Waals surface area contributed by atoms with Crippen LogP contribution in [0.2, 0.25) is 0 Å². The van der Waals surface area contributed by atoms with Crippen molar-refractivity contribution in [3.63, 3.8) is 0 Å². The van der Waals surface area contributed by atoms with Gasteiger partial charge in [-0.2, -0.15) is 0 Å². The molecule has 140 valence electrons. The molecule has 1 amide bonds. The lowest BCUT2D eigenvalue weighted by Crippen LogP contribution is -2.43. The van der Waals surface area contributed by atoms with Crippen molar-refractivity contribution >= 4 is 34.2 Å². The van der Waals surface area contributed by atoms with E-state index in [-0.39, 0.29) is 24.1 Å². The fourth-order valence-corrected chi connectivity index (χ4v) is 3.75. The van der Waals surface area contributed by atoms with Crippen LogP contribution in [0.25, 0.3) is 0 Å². The molecule has 1 unspecified atom stereocenters. The third-order valence-electron chi connectivity index (χ3n) is 4.67. The van der Waals surface area contributed by atoms with Crippen LogP contribution in [-0.4, -0.2) is 26.9 Å². The van der Waals surface area contributed by atoms with Crippen molar-refractivity contribution in [2.75, 3.05) is 6.54 Å². The standard InChI is InChI=1S/C20H17BrFN3O.ClH/c21-16-3-1-2-15(10-16)19-20(26)24(12-18-11-23-13-25(18)19)9-8-14-4-6-17(22)7-5-14;/h1-7,10-11,13,19H,8-9,12H2;1H. The summed E-state index contributed by atoms with van der Waals surface area (Å²) in [6.07, 6.45) is 4.21. The molecule has 0 fully saturated rings. The zero-order valence-electron chi connectivity index (χ0n) is 14.4. The average molecular weight is 451 g/mol. The molecule has 1 aromatic heterocycles. The number of carbonyl (C=O) groups excluding carboxylic acids is 1. The van der Waals surface area contributed by atoms with E-state index in [1.54, 1.807) is 18.5 Å². The lowest BCUT2D eigenvalue weighted by molar-refractivity contribution is -0.136. The Balaban J connectivity index is 0.00000210. The minimum atomic E-state index is -0.410. The van der Waals surface area contributed by atoms with Gasteiger partial charge in [0.25, 0.3) is 5.91 Å². The number of hydrogen-bond acceptors (Lipinski definition) is 2. The molecule has 1 atom stereocenters. The molecule has 2 heterocycles. The Kier molecular flexibility index (Phi) is 5.97. The Morgan fingerprint density at radius 2 is 1.96 bits per heavy atom. The van der Waals surface area contributed by atoms with Crippen LogP contribution >= 0.6 is 28.3 Å². The maximum Gasteiger partial charge on any atom is 0.250 e. The summed E-state index contributed by atoms with van der Waals surface area (Å²) in [5.41, 5.74) is 2.95. The maximum atomic E-state index is 13.2. The van der Waals surface area contributed by atoms with E-state index >= 15 is 0 Å². The number of aromatic nitrogens is 2. The Morgan fingerprint density at radius 1 is 1.19 bits per heavy atom. The van der Waals surface area contributed by atoms with Crippen molar-refractivity contribution < 1.29 is 9.18 Å². The van der Waals surface area contributed by atoms with Crippen molar-refractivity contribution in [3.05, 3.63) is 88.2 Å². The van der Waals surface area contributed by atoms with E-state index in [1.165, 1.54) is 12.1 Å².